The molecule has 17 heavy (non-hydrogen) atoms. The van der Waals surface area contributed by atoms with Gasteiger partial charge < -0.3 is 10.2 Å². The Kier molecular flexibility index (Phi) is 4.31. The molecule has 1 fully saturated rings. The smallest absolute Gasteiger partial charge is 0.132 e. The van der Waals surface area contributed by atoms with Gasteiger partial charge in [-0.1, -0.05) is 6.92 Å². The summed E-state index contributed by atoms with van der Waals surface area (Å²) in [6.07, 6.45) is 5.39. The van der Waals surface area contributed by atoms with Gasteiger partial charge in [-0.15, -0.1) is 0 Å². The first-order valence-corrected chi connectivity index (χ1v) is 6.57. The Hall–Kier alpha value is -1.16. The van der Waals surface area contributed by atoms with E-state index in [0.717, 1.165) is 31.1 Å². The molecule has 1 aliphatic heterocycles. The number of hydrogen-bond acceptors (Lipinski definition) is 4. The molecule has 94 valence electrons. The zero-order chi connectivity index (χ0) is 12.1. The van der Waals surface area contributed by atoms with Crippen LogP contribution in [0, 0.1) is 6.92 Å². The second kappa shape index (κ2) is 5.96. The van der Waals surface area contributed by atoms with Crippen molar-refractivity contribution in [2.24, 2.45) is 0 Å². The maximum Gasteiger partial charge on any atom is 0.132 e. The van der Waals surface area contributed by atoms with Gasteiger partial charge in [-0.3, -0.25) is 0 Å². The summed E-state index contributed by atoms with van der Waals surface area (Å²) >= 11 is 0. The van der Waals surface area contributed by atoms with Gasteiger partial charge in [0.05, 0.1) is 0 Å². The number of hydrogen-bond donors (Lipinski definition) is 1. The fourth-order valence-electron chi connectivity index (χ4n) is 2.39. The van der Waals surface area contributed by atoms with Crippen molar-refractivity contribution in [3.63, 3.8) is 0 Å². The molecule has 1 aromatic rings. The number of nitrogens with one attached hydrogen (secondary N) is 1. The van der Waals surface area contributed by atoms with Crippen molar-refractivity contribution in [3.8, 4) is 0 Å². The van der Waals surface area contributed by atoms with Gasteiger partial charge in [0.1, 0.15) is 12.1 Å². The van der Waals surface area contributed by atoms with Crippen molar-refractivity contribution in [1.82, 2.24) is 15.3 Å². The molecule has 4 heteroatoms. The lowest BCUT2D eigenvalue weighted by Gasteiger charge is -2.26. The van der Waals surface area contributed by atoms with Crippen LogP contribution in [0.15, 0.2) is 12.4 Å². The summed E-state index contributed by atoms with van der Waals surface area (Å²) in [5.41, 5.74) is 1.04. The van der Waals surface area contributed by atoms with Crippen molar-refractivity contribution < 1.29 is 0 Å². The van der Waals surface area contributed by atoms with Gasteiger partial charge in [0.2, 0.25) is 0 Å². The molecule has 0 spiro atoms. The minimum absolute atomic E-state index is 0.593. The maximum absolute atomic E-state index is 4.39. The second-order valence-electron chi connectivity index (χ2n) is 4.71. The van der Waals surface area contributed by atoms with E-state index in [1.54, 1.807) is 6.33 Å². The fraction of sp³-hybridized carbons (Fsp3) is 0.692. The molecule has 0 radical (unpaired) electrons. The van der Waals surface area contributed by atoms with Gasteiger partial charge in [-0.2, -0.15) is 0 Å². The third kappa shape index (κ3) is 3.16. The summed E-state index contributed by atoms with van der Waals surface area (Å²) in [6.45, 7) is 7.51. The highest BCUT2D eigenvalue weighted by Crippen LogP contribution is 2.23. The number of nitrogens with zero attached hydrogens (tertiary/aromatic N) is 3. The Morgan fingerprint density at radius 3 is 3.12 bits per heavy atom. The van der Waals surface area contributed by atoms with Crippen molar-refractivity contribution >= 4 is 5.82 Å². The van der Waals surface area contributed by atoms with E-state index in [2.05, 4.69) is 33.2 Å². The van der Waals surface area contributed by atoms with Crippen molar-refractivity contribution in [1.29, 1.82) is 0 Å². The Labute approximate surface area is 103 Å². The van der Waals surface area contributed by atoms with Gasteiger partial charge in [0.15, 0.2) is 0 Å². The summed E-state index contributed by atoms with van der Waals surface area (Å²) in [5, 5.41) is 3.51. The van der Waals surface area contributed by atoms with Crippen LogP contribution in [0.2, 0.25) is 0 Å². The average molecular weight is 234 g/mol. The zero-order valence-corrected chi connectivity index (χ0v) is 10.8. The molecule has 0 aromatic carbocycles. The first kappa shape index (κ1) is 12.3. The third-order valence-corrected chi connectivity index (χ3v) is 3.27. The third-order valence-electron chi connectivity index (χ3n) is 3.27. The van der Waals surface area contributed by atoms with Gasteiger partial charge in [0, 0.05) is 30.9 Å². The normalized spacial score (nSPS) is 19.9. The summed E-state index contributed by atoms with van der Waals surface area (Å²) in [5.74, 6) is 1.08. The lowest BCUT2D eigenvalue weighted by Crippen LogP contribution is -2.38. The summed E-state index contributed by atoms with van der Waals surface area (Å²) in [7, 11) is 0. The van der Waals surface area contributed by atoms with Crippen LogP contribution in [0.4, 0.5) is 5.82 Å². The molecule has 1 aliphatic rings. The standard InChI is InChI=1S/C13H22N4/c1-3-6-14-9-12-5-4-7-17(12)13-8-11(2)15-10-16-13/h8,10,12,14H,3-7,9H2,1-2H3. The molecule has 1 aromatic heterocycles. The van der Waals surface area contributed by atoms with Crippen molar-refractivity contribution in [2.45, 2.75) is 39.2 Å². The zero-order valence-electron chi connectivity index (χ0n) is 10.8. The molecule has 0 aliphatic carbocycles. The highest BCUT2D eigenvalue weighted by molar-refractivity contribution is 5.41. The van der Waals surface area contributed by atoms with E-state index in [4.69, 9.17) is 0 Å². The van der Waals surface area contributed by atoms with Gasteiger partial charge in [-0.05, 0) is 32.7 Å². The Morgan fingerprint density at radius 2 is 2.35 bits per heavy atom. The number of aromatic nitrogens is 2. The van der Waals surface area contributed by atoms with Crippen LogP contribution in [0.5, 0.6) is 0 Å². The van der Waals surface area contributed by atoms with Crippen molar-refractivity contribution in [3.05, 3.63) is 18.1 Å². The molecule has 4 nitrogen and oxygen atoms in total. The molecule has 1 atom stereocenters. The van der Waals surface area contributed by atoms with E-state index in [0.29, 0.717) is 6.04 Å². The van der Waals surface area contributed by atoms with E-state index in [-0.39, 0.29) is 0 Å². The molecule has 2 heterocycles. The van der Waals surface area contributed by atoms with E-state index < -0.39 is 0 Å². The average Bonchev–Trinajstić information content (AvgIpc) is 2.78. The Morgan fingerprint density at radius 1 is 1.47 bits per heavy atom. The summed E-state index contributed by atoms with van der Waals surface area (Å²) in [6, 6.07) is 2.67. The first-order chi connectivity index (χ1) is 8.31. The molecule has 2 rings (SSSR count). The van der Waals surface area contributed by atoms with Crippen LogP contribution in [0.1, 0.15) is 31.9 Å². The van der Waals surface area contributed by atoms with Gasteiger partial charge in [-0.25, -0.2) is 9.97 Å². The number of rotatable bonds is 5. The summed E-state index contributed by atoms with van der Waals surface area (Å²) in [4.78, 5) is 11.0. The van der Waals surface area contributed by atoms with Gasteiger partial charge in [0.25, 0.3) is 0 Å². The van der Waals surface area contributed by atoms with E-state index in [1.807, 2.05) is 6.92 Å². The first-order valence-electron chi connectivity index (χ1n) is 6.57. The highest BCUT2D eigenvalue weighted by atomic mass is 15.2. The van der Waals surface area contributed by atoms with Crippen LogP contribution in [-0.4, -0.2) is 35.6 Å². The minimum atomic E-state index is 0.593. The molecule has 0 bridgehead atoms. The topological polar surface area (TPSA) is 41.0 Å². The molecule has 0 amide bonds. The summed E-state index contributed by atoms with van der Waals surface area (Å²) < 4.78 is 0. The lowest BCUT2D eigenvalue weighted by molar-refractivity contribution is 0.568. The van der Waals surface area contributed by atoms with E-state index in [9.17, 15) is 0 Å². The molecule has 0 saturated carbocycles. The molecule has 1 N–H and O–H groups in total. The van der Waals surface area contributed by atoms with E-state index in [1.165, 1.54) is 19.3 Å². The van der Waals surface area contributed by atoms with Crippen LogP contribution < -0.4 is 10.2 Å². The molecule has 1 unspecified atom stereocenters. The highest BCUT2D eigenvalue weighted by Gasteiger charge is 2.25. The van der Waals surface area contributed by atoms with Crippen LogP contribution >= 0.6 is 0 Å². The molecule has 1 saturated heterocycles. The minimum Gasteiger partial charge on any atom is -0.352 e. The van der Waals surface area contributed by atoms with E-state index >= 15 is 0 Å². The number of aryl methyl sites for hydroxylation is 1. The van der Waals surface area contributed by atoms with Crippen molar-refractivity contribution in [2.75, 3.05) is 24.5 Å². The predicted octanol–water partition coefficient (Wildman–Crippen LogP) is 1.75. The lowest BCUT2D eigenvalue weighted by atomic mass is 10.2. The largest absolute Gasteiger partial charge is 0.352 e. The van der Waals surface area contributed by atoms with Gasteiger partial charge >= 0.3 is 0 Å². The quantitative estimate of drug-likeness (QED) is 0.788. The predicted molar refractivity (Wildman–Crippen MR) is 70.3 cm³/mol. The Balaban J connectivity index is 1.99. The van der Waals surface area contributed by atoms with Crippen LogP contribution in [-0.2, 0) is 0 Å². The number of anilines is 1. The monoisotopic (exact) mass is 234 g/mol. The SMILES string of the molecule is CCCNCC1CCCN1c1cc(C)ncn1. The van der Waals surface area contributed by atoms with Crippen LogP contribution in [0.3, 0.4) is 0 Å². The maximum atomic E-state index is 4.39. The second-order valence-corrected chi connectivity index (χ2v) is 4.71. The Bertz CT molecular complexity index is 353. The van der Waals surface area contributed by atoms with Crippen LogP contribution in [0.25, 0.3) is 0 Å². The molecular formula is C13H22N4. The fourth-order valence-corrected chi connectivity index (χ4v) is 2.39. The molecular weight excluding hydrogens is 212 g/mol.